The van der Waals surface area contributed by atoms with Crippen molar-refractivity contribution in [3.05, 3.63) is 42.2 Å². The van der Waals surface area contributed by atoms with E-state index in [2.05, 4.69) is 9.97 Å². The van der Waals surface area contributed by atoms with Crippen molar-refractivity contribution in [2.24, 2.45) is 11.7 Å². The third kappa shape index (κ3) is 5.85. The third-order valence-electron chi connectivity index (χ3n) is 5.59. The van der Waals surface area contributed by atoms with Crippen LogP contribution in [0, 0.1) is 11.3 Å². The molecule has 0 unspecified atom stereocenters. The second kappa shape index (κ2) is 10.7. The Morgan fingerprint density at radius 2 is 1.85 bits per heavy atom. The number of carbonyl (C=O) groups is 3. The molecule has 11 nitrogen and oxygen atoms in total. The Bertz CT molecular complexity index is 1050. The number of amidine groups is 1. The molecule has 11 heteroatoms. The van der Waals surface area contributed by atoms with Crippen LogP contribution >= 0.6 is 0 Å². The average molecular weight is 469 g/mol. The van der Waals surface area contributed by atoms with E-state index < -0.39 is 11.9 Å². The zero-order chi connectivity index (χ0) is 24.8. The predicted octanol–water partition coefficient (Wildman–Crippen LogP) is 0.675. The minimum Gasteiger partial charge on any atom is -0.491 e. The van der Waals surface area contributed by atoms with Crippen molar-refractivity contribution < 1.29 is 23.9 Å². The van der Waals surface area contributed by atoms with E-state index in [9.17, 15) is 14.4 Å². The number of nitrogen functional groups attached to an aromatic ring is 1. The van der Waals surface area contributed by atoms with Crippen LogP contribution in [-0.4, -0.2) is 83.8 Å². The minimum absolute atomic E-state index is 0.0321. The number of esters is 1. The number of carbonyl (C=O) groups excluding carboxylic acids is 3. The van der Waals surface area contributed by atoms with Crippen LogP contribution in [0.2, 0.25) is 0 Å². The van der Waals surface area contributed by atoms with Gasteiger partial charge in [-0.1, -0.05) is 0 Å². The molecule has 0 saturated carbocycles. The summed E-state index contributed by atoms with van der Waals surface area (Å²) in [7, 11) is 4.53. The fourth-order valence-corrected chi connectivity index (χ4v) is 3.59. The van der Waals surface area contributed by atoms with Gasteiger partial charge < -0.3 is 25.0 Å². The molecule has 2 atom stereocenters. The Morgan fingerprint density at radius 1 is 1.21 bits per heavy atom. The molecule has 0 spiro atoms. The number of likely N-dealkylation sites (tertiary alicyclic amines) is 1. The number of nitrogens with zero attached hydrogens (tertiary/aromatic N) is 4. The first kappa shape index (κ1) is 24.6. The fraction of sp³-hybridized carbons (Fsp3) is 0.391. The summed E-state index contributed by atoms with van der Waals surface area (Å²) >= 11 is 0. The highest BCUT2D eigenvalue weighted by atomic mass is 16.5. The van der Waals surface area contributed by atoms with E-state index in [0.717, 1.165) is 5.56 Å². The van der Waals surface area contributed by atoms with Gasteiger partial charge in [-0.2, -0.15) is 0 Å². The molecule has 1 aliphatic rings. The fourth-order valence-electron chi connectivity index (χ4n) is 3.59. The summed E-state index contributed by atoms with van der Waals surface area (Å²) in [6.07, 6.45) is 3.33. The van der Waals surface area contributed by atoms with Crippen LogP contribution in [0.1, 0.15) is 18.4 Å². The molecule has 2 heterocycles. The van der Waals surface area contributed by atoms with E-state index in [1.165, 1.54) is 29.3 Å². The van der Waals surface area contributed by atoms with Gasteiger partial charge in [0.1, 0.15) is 24.7 Å². The van der Waals surface area contributed by atoms with Crippen molar-refractivity contribution in [2.45, 2.75) is 18.9 Å². The number of ether oxygens (including phenoxy) is 2. The Balaban J connectivity index is 1.67. The minimum atomic E-state index is -0.548. The summed E-state index contributed by atoms with van der Waals surface area (Å²) in [5.74, 6) is -0.519. The van der Waals surface area contributed by atoms with Crippen molar-refractivity contribution in [1.82, 2.24) is 19.8 Å². The van der Waals surface area contributed by atoms with Crippen LogP contribution < -0.4 is 10.5 Å². The summed E-state index contributed by atoms with van der Waals surface area (Å²) in [5.41, 5.74) is 6.63. The number of nitrogens with two attached hydrogens (primary N) is 1. The number of aromatic nitrogens is 2. The number of benzene rings is 1. The van der Waals surface area contributed by atoms with Crippen molar-refractivity contribution in [2.75, 3.05) is 34.4 Å². The molecule has 2 amide bonds. The highest BCUT2D eigenvalue weighted by molar-refractivity contribution is 5.94. The Kier molecular flexibility index (Phi) is 7.77. The largest absolute Gasteiger partial charge is 0.491 e. The summed E-state index contributed by atoms with van der Waals surface area (Å²) in [6, 6.07) is 6.76. The molecule has 1 aromatic carbocycles. The van der Waals surface area contributed by atoms with Gasteiger partial charge in [0.2, 0.25) is 11.8 Å². The summed E-state index contributed by atoms with van der Waals surface area (Å²) < 4.78 is 10.6. The summed E-state index contributed by atoms with van der Waals surface area (Å²) in [4.78, 5) is 48.2. The normalized spacial score (nSPS) is 17.4. The van der Waals surface area contributed by atoms with Gasteiger partial charge >= 0.3 is 5.97 Å². The lowest BCUT2D eigenvalue weighted by Gasteiger charge is -2.25. The van der Waals surface area contributed by atoms with E-state index in [1.54, 1.807) is 38.4 Å². The molecule has 3 rings (SSSR count). The molecule has 3 N–H and O–H groups in total. The second-order valence-electron chi connectivity index (χ2n) is 8.17. The average Bonchev–Trinajstić information content (AvgIpc) is 3.11. The summed E-state index contributed by atoms with van der Waals surface area (Å²) in [6.45, 7) is 0.0946. The van der Waals surface area contributed by atoms with Gasteiger partial charge in [-0.25, -0.2) is 9.97 Å². The molecule has 0 aliphatic carbocycles. The Labute approximate surface area is 197 Å². The van der Waals surface area contributed by atoms with Crippen LogP contribution in [0.3, 0.4) is 0 Å². The smallest absolute Gasteiger partial charge is 0.306 e. The van der Waals surface area contributed by atoms with Gasteiger partial charge in [0, 0.05) is 32.1 Å². The third-order valence-corrected chi connectivity index (χ3v) is 5.59. The molecule has 0 radical (unpaired) electrons. The SMILES string of the molecule is COC(=O)C[C@@H]1C[C@@H](COc2ccc(-c3ncc(C(=N)N)cn3)cc2)N(CC(=O)N(C)C)C1=O. The second-order valence-corrected chi connectivity index (χ2v) is 8.17. The molecular weight excluding hydrogens is 440 g/mol. The van der Waals surface area contributed by atoms with Crippen LogP contribution in [0.15, 0.2) is 36.7 Å². The molecule has 1 saturated heterocycles. The van der Waals surface area contributed by atoms with Crippen molar-refractivity contribution >= 4 is 23.6 Å². The zero-order valence-corrected chi connectivity index (χ0v) is 19.4. The van der Waals surface area contributed by atoms with Crippen LogP contribution in [-0.2, 0) is 19.1 Å². The lowest BCUT2D eigenvalue weighted by atomic mass is 10.0. The number of hydrogen-bond donors (Lipinski definition) is 2. The topological polar surface area (TPSA) is 152 Å². The lowest BCUT2D eigenvalue weighted by molar-refractivity contribution is -0.145. The molecule has 2 aromatic rings. The highest BCUT2D eigenvalue weighted by Gasteiger charge is 2.41. The lowest BCUT2D eigenvalue weighted by Crippen LogP contribution is -2.44. The first-order valence-corrected chi connectivity index (χ1v) is 10.7. The first-order valence-electron chi connectivity index (χ1n) is 10.7. The number of rotatable bonds is 9. The van der Waals surface area contributed by atoms with E-state index in [1.807, 2.05) is 0 Å². The number of likely N-dealkylation sites (N-methyl/N-ethyl adjacent to an activating group) is 1. The first-order chi connectivity index (χ1) is 16.2. The zero-order valence-electron chi connectivity index (χ0n) is 19.4. The van der Waals surface area contributed by atoms with E-state index in [-0.39, 0.29) is 43.3 Å². The van der Waals surface area contributed by atoms with Gasteiger partial charge in [0.25, 0.3) is 0 Å². The van der Waals surface area contributed by atoms with Gasteiger partial charge in [0.15, 0.2) is 5.82 Å². The summed E-state index contributed by atoms with van der Waals surface area (Å²) in [5, 5.41) is 7.41. The standard InChI is InChI=1S/C23H28N6O5/c1-28(2)19(30)12-29-17(8-15(23(29)32)9-20(31)33-3)13-34-18-6-4-14(5-7-18)22-26-10-16(11-27-22)21(24)25/h4-7,10-11,15,17H,8-9,12-13H2,1-3H3,(H3,24,25)/t15-,17-/m0/s1. The Hall–Kier alpha value is -4.02. The molecule has 1 fully saturated rings. The van der Waals surface area contributed by atoms with Crippen molar-refractivity contribution in [3.8, 4) is 17.1 Å². The van der Waals surface area contributed by atoms with Gasteiger partial charge in [-0.15, -0.1) is 0 Å². The van der Waals surface area contributed by atoms with Crippen LogP contribution in [0.25, 0.3) is 11.4 Å². The van der Waals surface area contributed by atoms with Crippen molar-refractivity contribution in [1.29, 1.82) is 5.41 Å². The monoisotopic (exact) mass is 468 g/mol. The van der Waals surface area contributed by atoms with Gasteiger partial charge in [-0.3, -0.25) is 19.8 Å². The Morgan fingerprint density at radius 3 is 2.41 bits per heavy atom. The molecule has 180 valence electrons. The molecule has 1 aliphatic heterocycles. The maximum atomic E-state index is 12.9. The number of nitrogens with one attached hydrogen (secondary N) is 1. The van der Waals surface area contributed by atoms with Crippen LogP contribution in [0.4, 0.5) is 0 Å². The quantitative estimate of drug-likeness (QED) is 0.310. The molecule has 1 aromatic heterocycles. The predicted molar refractivity (Wildman–Crippen MR) is 123 cm³/mol. The molecule has 34 heavy (non-hydrogen) atoms. The van der Waals surface area contributed by atoms with E-state index in [4.69, 9.17) is 20.6 Å². The number of amides is 2. The van der Waals surface area contributed by atoms with Crippen molar-refractivity contribution in [3.63, 3.8) is 0 Å². The highest BCUT2D eigenvalue weighted by Crippen LogP contribution is 2.29. The van der Waals surface area contributed by atoms with Gasteiger partial charge in [0.05, 0.1) is 31.1 Å². The van der Waals surface area contributed by atoms with E-state index >= 15 is 0 Å². The van der Waals surface area contributed by atoms with E-state index in [0.29, 0.717) is 23.6 Å². The maximum absolute atomic E-state index is 12.9. The molecular formula is C23H28N6O5. The number of hydrogen-bond acceptors (Lipinski definition) is 8. The van der Waals surface area contributed by atoms with Gasteiger partial charge in [-0.05, 0) is 30.7 Å². The maximum Gasteiger partial charge on any atom is 0.306 e. The van der Waals surface area contributed by atoms with Crippen LogP contribution in [0.5, 0.6) is 5.75 Å². The molecule has 0 bridgehead atoms. The number of methoxy groups -OCH3 is 1.